The topological polar surface area (TPSA) is 55.0 Å². The molecule has 1 aromatic heterocycles. The monoisotopic (exact) mass is 254 g/mol. The van der Waals surface area contributed by atoms with Crippen LogP contribution in [0.15, 0.2) is 30.6 Å². The molecule has 0 aliphatic carbocycles. The van der Waals surface area contributed by atoms with Crippen molar-refractivity contribution < 1.29 is 0 Å². The van der Waals surface area contributed by atoms with E-state index in [9.17, 15) is 0 Å². The second-order valence-electron chi connectivity index (χ2n) is 5.09. The molecular weight excluding hydrogens is 236 g/mol. The van der Waals surface area contributed by atoms with E-state index in [-0.39, 0.29) is 0 Å². The molecule has 1 aromatic carbocycles. The van der Waals surface area contributed by atoms with Crippen LogP contribution in [-0.4, -0.2) is 16.5 Å². The number of fused-ring (bicyclic) bond motifs is 1. The van der Waals surface area contributed by atoms with E-state index in [2.05, 4.69) is 40.0 Å². The Kier molecular flexibility index (Phi) is 3.07. The van der Waals surface area contributed by atoms with Crippen molar-refractivity contribution in [2.45, 2.75) is 26.3 Å². The molecule has 4 nitrogen and oxygen atoms in total. The summed E-state index contributed by atoms with van der Waals surface area (Å²) >= 11 is 0. The van der Waals surface area contributed by atoms with Crippen molar-refractivity contribution >= 4 is 11.5 Å². The largest absolute Gasteiger partial charge is 0.382 e. The Hall–Kier alpha value is -2.10. The van der Waals surface area contributed by atoms with E-state index in [1.165, 1.54) is 29.7 Å². The van der Waals surface area contributed by atoms with Gasteiger partial charge in [-0.25, -0.2) is 4.98 Å². The van der Waals surface area contributed by atoms with E-state index >= 15 is 0 Å². The molecule has 0 amide bonds. The molecule has 0 bridgehead atoms. The summed E-state index contributed by atoms with van der Waals surface area (Å²) in [6.45, 7) is 4.01. The third kappa shape index (κ3) is 2.52. The van der Waals surface area contributed by atoms with E-state index in [0.29, 0.717) is 5.82 Å². The first-order valence-electron chi connectivity index (χ1n) is 6.63. The SMILES string of the molecule is Cc1ccc2c(c1)CCCN2Cc1cnc(N)cn1. The first kappa shape index (κ1) is 12.0. The van der Waals surface area contributed by atoms with Gasteiger partial charge in [-0.05, 0) is 31.4 Å². The van der Waals surface area contributed by atoms with Crippen molar-refractivity contribution in [3.8, 4) is 0 Å². The predicted octanol–water partition coefficient (Wildman–Crippen LogP) is 2.32. The average molecular weight is 254 g/mol. The molecule has 0 saturated carbocycles. The zero-order valence-electron chi connectivity index (χ0n) is 11.1. The van der Waals surface area contributed by atoms with Gasteiger partial charge < -0.3 is 10.6 Å². The lowest BCUT2D eigenvalue weighted by Crippen LogP contribution is -2.29. The van der Waals surface area contributed by atoms with Crippen LogP contribution in [0.2, 0.25) is 0 Å². The van der Waals surface area contributed by atoms with Crippen LogP contribution in [0.3, 0.4) is 0 Å². The van der Waals surface area contributed by atoms with Crippen LogP contribution >= 0.6 is 0 Å². The summed E-state index contributed by atoms with van der Waals surface area (Å²) in [5, 5.41) is 0. The molecule has 4 heteroatoms. The van der Waals surface area contributed by atoms with Crippen molar-refractivity contribution in [2.75, 3.05) is 17.2 Å². The maximum Gasteiger partial charge on any atom is 0.141 e. The number of anilines is 2. The van der Waals surface area contributed by atoms with E-state index in [4.69, 9.17) is 5.73 Å². The highest BCUT2D eigenvalue weighted by Crippen LogP contribution is 2.28. The van der Waals surface area contributed by atoms with Crippen LogP contribution in [0.4, 0.5) is 11.5 Å². The summed E-state index contributed by atoms with van der Waals surface area (Å²) in [6.07, 6.45) is 5.74. The minimum absolute atomic E-state index is 0.471. The van der Waals surface area contributed by atoms with Crippen LogP contribution in [-0.2, 0) is 13.0 Å². The third-order valence-corrected chi connectivity index (χ3v) is 3.53. The number of hydrogen-bond acceptors (Lipinski definition) is 4. The van der Waals surface area contributed by atoms with Crippen LogP contribution in [0.25, 0.3) is 0 Å². The van der Waals surface area contributed by atoms with Crippen molar-refractivity contribution in [3.63, 3.8) is 0 Å². The van der Waals surface area contributed by atoms with Crippen molar-refractivity contribution in [1.29, 1.82) is 0 Å². The molecule has 1 aliphatic heterocycles. The first-order chi connectivity index (χ1) is 9.22. The maximum absolute atomic E-state index is 5.57. The Morgan fingerprint density at radius 2 is 2.16 bits per heavy atom. The Balaban J connectivity index is 1.85. The van der Waals surface area contributed by atoms with Crippen LogP contribution in [0.1, 0.15) is 23.2 Å². The highest BCUT2D eigenvalue weighted by atomic mass is 15.1. The lowest BCUT2D eigenvalue weighted by Gasteiger charge is -2.31. The maximum atomic E-state index is 5.57. The van der Waals surface area contributed by atoms with Gasteiger partial charge in [-0.1, -0.05) is 17.7 Å². The number of benzene rings is 1. The molecule has 98 valence electrons. The van der Waals surface area contributed by atoms with Gasteiger partial charge >= 0.3 is 0 Å². The van der Waals surface area contributed by atoms with Crippen LogP contribution < -0.4 is 10.6 Å². The van der Waals surface area contributed by atoms with Crippen LogP contribution in [0, 0.1) is 6.92 Å². The van der Waals surface area contributed by atoms with Crippen molar-refractivity contribution in [1.82, 2.24) is 9.97 Å². The van der Waals surface area contributed by atoms with E-state index in [1.54, 1.807) is 12.4 Å². The molecule has 0 spiro atoms. The normalized spacial score (nSPS) is 14.3. The molecule has 1 aliphatic rings. The Bertz CT molecular complexity index is 577. The zero-order valence-corrected chi connectivity index (χ0v) is 11.1. The summed E-state index contributed by atoms with van der Waals surface area (Å²) in [5.41, 5.74) is 10.6. The number of rotatable bonds is 2. The van der Waals surface area contributed by atoms with Gasteiger partial charge in [-0.15, -0.1) is 0 Å². The van der Waals surface area contributed by atoms with Crippen LogP contribution in [0.5, 0.6) is 0 Å². The number of nitrogens with zero attached hydrogens (tertiary/aromatic N) is 3. The minimum atomic E-state index is 0.471. The fourth-order valence-corrected chi connectivity index (χ4v) is 2.61. The highest BCUT2D eigenvalue weighted by molar-refractivity contribution is 5.56. The first-order valence-corrected chi connectivity index (χ1v) is 6.63. The summed E-state index contributed by atoms with van der Waals surface area (Å²) in [5.74, 6) is 0.471. The van der Waals surface area contributed by atoms with Gasteiger partial charge in [-0.3, -0.25) is 4.98 Å². The van der Waals surface area contributed by atoms with E-state index in [1.807, 2.05) is 0 Å². The van der Waals surface area contributed by atoms with Crippen molar-refractivity contribution in [2.24, 2.45) is 0 Å². The molecule has 2 heterocycles. The molecular formula is C15H18N4. The van der Waals surface area contributed by atoms with Gasteiger partial charge in [-0.2, -0.15) is 0 Å². The summed E-state index contributed by atoms with van der Waals surface area (Å²) in [6, 6.07) is 6.68. The Morgan fingerprint density at radius 1 is 1.26 bits per heavy atom. The average Bonchev–Trinajstić information content (AvgIpc) is 2.41. The zero-order chi connectivity index (χ0) is 13.2. The second kappa shape index (κ2) is 4.88. The number of aromatic nitrogens is 2. The van der Waals surface area contributed by atoms with E-state index in [0.717, 1.165) is 18.8 Å². The molecule has 0 unspecified atom stereocenters. The molecule has 2 aromatic rings. The van der Waals surface area contributed by atoms with E-state index < -0.39 is 0 Å². The van der Waals surface area contributed by atoms with Gasteiger partial charge in [0.2, 0.25) is 0 Å². The fourth-order valence-electron chi connectivity index (χ4n) is 2.61. The molecule has 0 radical (unpaired) electrons. The molecule has 3 rings (SSSR count). The number of nitrogens with two attached hydrogens (primary N) is 1. The number of aryl methyl sites for hydroxylation is 2. The standard InChI is InChI=1S/C15H18N4/c1-11-4-5-14-12(7-11)3-2-6-19(14)10-13-8-18-15(16)9-17-13/h4-5,7-9H,2-3,6,10H2,1H3,(H2,16,18). The second-order valence-corrected chi connectivity index (χ2v) is 5.09. The number of hydrogen-bond donors (Lipinski definition) is 1. The van der Waals surface area contributed by atoms with Gasteiger partial charge in [0.05, 0.1) is 24.6 Å². The lowest BCUT2D eigenvalue weighted by molar-refractivity contribution is 0.682. The van der Waals surface area contributed by atoms with Gasteiger partial charge in [0, 0.05) is 12.2 Å². The molecule has 0 atom stereocenters. The molecule has 19 heavy (non-hydrogen) atoms. The Labute approximate surface area is 113 Å². The fraction of sp³-hybridized carbons (Fsp3) is 0.333. The number of nitrogen functional groups attached to an aromatic ring is 1. The van der Waals surface area contributed by atoms with Gasteiger partial charge in [0.25, 0.3) is 0 Å². The van der Waals surface area contributed by atoms with Gasteiger partial charge in [0.1, 0.15) is 5.82 Å². The minimum Gasteiger partial charge on any atom is -0.382 e. The summed E-state index contributed by atoms with van der Waals surface area (Å²) in [7, 11) is 0. The Morgan fingerprint density at radius 3 is 2.95 bits per heavy atom. The predicted molar refractivity (Wildman–Crippen MR) is 77.0 cm³/mol. The quantitative estimate of drug-likeness (QED) is 0.893. The highest BCUT2D eigenvalue weighted by Gasteiger charge is 2.17. The molecule has 0 fully saturated rings. The molecule has 0 saturated heterocycles. The van der Waals surface area contributed by atoms with Gasteiger partial charge in [0.15, 0.2) is 0 Å². The van der Waals surface area contributed by atoms with Crippen molar-refractivity contribution in [3.05, 3.63) is 47.4 Å². The summed E-state index contributed by atoms with van der Waals surface area (Å²) < 4.78 is 0. The smallest absolute Gasteiger partial charge is 0.141 e. The summed E-state index contributed by atoms with van der Waals surface area (Å²) in [4.78, 5) is 10.8. The third-order valence-electron chi connectivity index (χ3n) is 3.53. The molecule has 2 N–H and O–H groups in total. The lowest BCUT2D eigenvalue weighted by atomic mass is 9.99.